The second kappa shape index (κ2) is 7.68. The summed E-state index contributed by atoms with van der Waals surface area (Å²) >= 11 is 0. The van der Waals surface area contributed by atoms with Crippen molar-refractivity contribution in [1.82, 2.24) is 20.4 Å². The van der Waals surface area contributed by atoms with E-state index in [4.69, 9.17) is 4.52 Å². The summed E-state index contributed by atoms with van der Waals surface area (Å²) < 4.78 is 5.23. The molecule has 7 nitrogen and oxygen atoms in total. The van der Waals surface area contributed by atoms with Crippen molar-refractivity contribution in [2.45, 2.75) is 52.6 Å². The smallest absolute Gasteiger partial charge is 0.259 e. The van der Waals surface area contributed by atoms with Gasteiger partial charge >= 0.3 is 0 Å². The number of rotatable bonds is 5. The maximum Gasteiger partial charge on any atom is 0.259 e. The third kappa shape index (κ3) is 3.61. The number of nitrogens with zero attached hydrogens (tertiary/aromatic N) is 3. The van der Waals surface area contributed by atoms with E-state index in [-0.39, 0.29) is 17.9 Å². The fourth-order valence-electron chi connectivity index (χ4n) is 3.45. The predicted molar refractivity (Wildman–Crippen MR) is 95.4 cm³/mol. The highest BCUT2D eigenvalue weighted by molar-refractivity contribution is 5.96. The molecule has 1 N–H and O–H groups in total. The van der Waals surface area contributed by atoms with Crippen LogP contribution in [0, 0.1) is 6.92 Å². The molecule has 3 heterocycles. The van der Waals surface area contributed by atoms with Gasteiger partial charge in [-0.05, 0) is 43.9 Å². The van der Waals surface area contributed by atoms with Crippen molar-refractivity contribution < 1.29 is 14.1 Å². The van der Waals surface area contributed by atoms with Gasteiger partial charge in [0.2, 0.25) is 5.91 Å². The topological polar surface area (TPSA) is 88.3 Å². The molecule has 26 heavy (non-hydrogen) atoms. The molecule has 1 saturated heterocycles. The molecule has 1 aliphatic rings. The molecule has 7 heteroatoms. The summed E-state index contributed by atoms with van der Waals surface area (Å²) in [6, 6.07) is 3.91. The number of likely N-dealkylation sites (tertiary alicyclic amines) is 1. The van der Waals surface area contributed by atoms with Crippen LogP contribution in [0.25, 0.3) is 0 Å². The molecule has 1 unspecified atom stereocenters. The summed E-state index contributed by atoms with van der Waals surface area (Å²) in [5.41, 5.74) is 3.12. The Morgan fingerprint density at radius 3 is 2.96 bits per heavy atom. The normalized spacial score (nSPS) is 16.7. The number of carbonyl (C=O) groups excluding carboxylic acids is 2. The van der Waals surface area contributed by atoms with Crippen molar-refractivity contribution in [2.75, 3.05) is 6.54 Å². The zero-order chi connectivity index (χ0) is 18.7. The zero-order valence-electron chi connectivity index (χ0n) is 15.4. The maximum absolute atomic E-state index is 13.1. The molecule has 0 radical (unpaired) electrons. The number of pyridine rings is 1. The van der Waals surface area contributed by atoms with Crippen molar-refractivity contribution in [3.8, 4) is 0 Å². The van der Waals surface area contributed by atoms with Crippen LogP contribution in [0.1, 0.15) is 65.8 Å². The lowest BCUT2D eigenvalue weighted by molar-refractivity contribution is -0.119. The van der Waals surface area contributed by atoms with Crippen LogP contribution in [0.2, 0.25) is 0 Å². The van der Waals surface area contributed by atoms with Gasteiger partial charge < -0.3 is 14.7 Å². The first kappa shape index (κ1) is 18.1. The van der Waals surface area contributed by atoms with E-state index in [9.17, 15) is 9.59 Å². The fourth-order valence-corrected chi connectivity index (χ4v) is 3.45. The molecule has 0 aliphatic carbocycles. The standard InChI is InChI=1S/C19H24N4O3/c1-4-16-18(12(2)26-22-16)19(25)23-9-5-6-17(23)14-7-8-20-15(10-14)11-21-13(3)24/h7-8,10,17H,4-6,9,11H2,1-3H3,(H,21,24). The van der Waals surface area contributed by atoms with Gasteiger partial charge in [-0.3, -0.25) is 14.6 Å². The summed E-state index contributed by atoms with van der Waals surface area (Å²) in [4.78, 5) is 30.5. The van der Waals surface area contributed by atoms with Gasteiger partial charge in [0.1, 0.15) is 11.3 Å². The first-order valence-electron chi connectivity index (χ1n) is 8.96. The van der Waals surface area contributed by atoms with Gasteiger partial charge in [0.05, 0.1) is 24.0 Å². The highest BCUT2D eigenvalue weighted by Crippen LogP contribution is 2.34. The van der Waals surface area contributed by atoms with Gasteiger partial charge in [0.25, 0.3) is 5.91 Å². The molecule has 0 spiro atoms. The minimum Gasteiger partial charge on any atom is -0.361 e. The molecule has 0 saturated carbocycles. The van der Waals surface area contributed by atoms with Crippen LogP contribution in [-0.2, 0) is 17.8 Å². The summed E-state index contributed by atoms with van der Waals surface area (Å²) in [5.74, 6) is 0.451. The molecule has 1 atom stereocenters. The monoisotopic (exact) mass is 356 g/mol. The Labute approximate surface area is 152 Å². The Balaban J connectivity index is 1.84. The van der Waals surface area contributed by atoms with Crippen LogP contribution >= 0.6 is 0 Å². The lowest BCUT2D eigenvalue weighted by atomic mass is 10.0. The molecule has 138 valence electrons. The number of hydrogen-bond acceptors (Lipinski definition) is 5. The van der Waals surface area contributed by atoms with Crippen LogP contribution in [0.5, 0.6) is 0 Å². The van der Waals surface area contributed by atoms with Crippen LogP contribution in [0.15, 0.2) is 22.9 Å². The van der Waals surface area contributed by atoms with E-state index in [2.05, 4.69) is 15.5 Å². The molecule has 0 bridgehead atoms. The first-order valence-corrected chi connectivity index (χ1v) is 8.96. The van der Waals surface area contributed by atoms with Gasteiger partial charge in [-0.2, -0.15) is 0 Å². The summed E-state index contributed by atoms with van der Waals surface area (Å²) in [7, 11) is 0. The van der Waals surface area contributed by atoms with Crippen molar-refractivity contribution in [2.24, 2.45) is 0 Å². The minimum absolute atomic E-state index is 0.000541. The van der Waals surface area contributed by atoms with Crippen LogP contribution in [-0.4, -0.2) is 33.4 Å². The summed E-state index contributed by atoms with van der Waals surface area (Å²) in [5, 5.41) is 6.76. The fraction of sp³-hybridized carbons (Fsp3) is 0.474. The van der Waals surface area contributed by atoms with Crippen LogP contribution < -0.4 is 5.32 Å². The highest BCUT2D eigenvalue weighted by atomic mass is 16.5. The average Bonchev–Trinajstić information content (AvgIpc) is 3.26. The van der Waals surface area contributed by atoms with E-state index in [0.29, 0.717) is 36.5 Å². The van der Waals surface area contributed by atoms with Crippen LogP contribution in [0.4, 0.5) is 0 Å². The van der Waals surface area contributed by atoms with Gasteiger partial charge in [-0.1, -0.05) is 12.1 Å². The van der Waals surface area contributed by atoms with Crippen molar-refractivity contribution >= 4 is 11.8 Å². The SMILES string of the molecule is CCc1noc(C)c1C(=O)N1CCCC1c1ccnc(CNC(C)=O)c1. The molecule has 2 aromatic rings. The van der Waals surface area contributed by atoms with E-state index in [1.807, 2.05) is 24.0 Å². The van der Waals surface area contributed by atoms with E-state index >= 15 is 0 Å². The van der Waals surface area contributed by atoms with Crippen molar-refractivity contribution in [1.29, 1.82) is 0 Å². The lowest BCUT2D eigenvalue weighted by Crippen LogP contribution is -2.31. The molecule has 3 rings (SSSR count). The second-order valence-electron chi connectivity index (χ2n) is 6.56. The Kier molecular flexibility index (Phi) is 5.35. The largest absolute Gasteiger partial charge is 0.361 e. The van der Waals surface area contributed by atoms with Crippen molar-refractivity contribution in [3.05, 3.63) is 46.6 Å². The summed E-state index contributed by atoms with van der Waals surface area (Å²) in [6.07, 6.45) is 4.25. The van der Waals surface area contributed by atoms with Gasteiger partial charge in [0.15, 0.2) is 0 Å². The predicted octanol–water partition coefficient (Wildman–Crippen LogP) is 2.55. The number of nitrogens with one attached hydrogen (secondary N) is 1. The molecule has 1 aliphatic heterocycles. The second-order valence-corrected chi connectivity index (χ2v) is 6.56. The Bertz CT molecular complexity index is 815. The number of amides is 2. The first-order chi connectivity index (χ1) is 12.5. The number of carbonyl (C=O) groups is 2. The molecular formula is C19H24N4O3. The minimum atomic E-state index is -0.0927. The van der Waals surface area contributed by atoms with Gasteiger partial charge in [-0.15, -0.1) is 0 Å². The number of aromatic nitrogens is 2. The van der Waals surface area contributed by atoms with Crippen molar-refractivity contribution in [3.63, 3.8) is 0 Å². The molecular weight excluding hydrogens is 332 g/mol. The van der Waals surface area contributed by atoms with E-state index in [1.165, 1.54) is 6.92 Å². The Morgan fingerprint density at radius 1 is 1.42 bits per heavy atom. The zero-order valence-corrected chi connectivity index (χ0v) is 15.4. The van der Waals surface area contributed by atoms with Gasteiger partial charge in [0, 0.05) is 19.7 Å². The lowest BCUT2D eigenvalue weighted by Gasteiger charge is -2.25. The van der Waals surface area contributed by atoms with E-state index in [1.54, 1.807) is 13.1 Å². The molecule has 2 amide bonds. The quantitative estimate of drug-likeness (QED) is 0.889. The number of aryl methyl sites for hydroxylation is 2. The van der Waals surface area contributed by atoms with Crippen LogP contribution in [0.3, 0.4) is 0 Å². The Morgan fingerprint density at radius 2 is 2.23 bits per heavy atom. The highest BCUT2D eigenvalue weighted by Gasteiger charge is 2.33. The third-order valence-electron chi connectivity index (χ3n) is 4.74. The number of hydrogen-bond donors (Lipinski definition) is 1. The molecule has 0 aromatic carbocycles. The Hall–Kier alpha value is -2.70. The summed E-state index contributed by atoms with van der Waals surface area (Å²) in [6.45, 7) is 6.32. The van der Waals surface area contributed by atoms with E-state index in [0.717, 1.165) is 24.1 Å². The van der Waals surface area contributed by atoms with E-state index < -0.39 is 0 Å². The average molecular weight is 356 g/mol. The maximum atomic E-state index is 13.1. The third-order valence-corrected chi connectivity index (χ3v) is 4.74. The van der Waals surface area contributed by atoms with Gasteiger partial charge in [-0.25, -0.2) is 0 Å². The molecule has 1 fully saturated rings. The molecule has 2 aromatic heterocycles.